The second kappa shape index (κ2) is 4.21. The van der Waals surface area contributed by atoms with E-state index in [0.29, 0.717) is 11.5 Å². The molecule has 3 rings (SSSR count). The molecule has 3 atom stereocenters. The van der Waals surface area contributed by atoms with Gasteiger partial charge in [-0.3, -0.25) is 9.59 Å². The topological polar surface area (TPSA) is 62.0 Å². The summed E-state index contributed by atoms with van der Waals surface area (Å²) in [6, 6.07) is 3.20. The van der Waals surface area contributed by atoms with Crippen molar-refractivity contribution in [3.05, 3.63) is 34.2 Å². The molecule has 1 aromatic heterocycles. The minimum atomic E-state index is -0.186. The number of fused-ring (bicyclic) bond motifs is 2. The van der Waals surface area contributed by atoms with E-state index in [2.05, 4.69) is 31.1 Å². The summed E-state index contributed by atoms with van der Waals surface area (Å²) in [5.74, 6) is 0.615. The summed E-state index contributed by atoms with van der Waals surface area (Å²) >= 11 is 0. The van der Waals surface area contributed by atoms with Crippen LogP contribution in [0.4, 0.5) is 0 Å². The molecule has 2 fully saturated rings. The van der Waals surface area contributed by atoms with Gasteiger partial charge in [-0.25, -0.2) is 0 Å². The molecule has 0 spiro atoms. The van der Waals surface area contributed by atoms with Gasteiger partial charge in [0, 0.05) is 18.3 Å². The van der Waals surface area contributed by atoms with Gasteiger partial charge in [-0.15, -0.1) is 0 Å². The highest BCUT2D eigenvalue weighted by molar-refractivity contribution is 5.94. The van der Waals surface area contributed by atoms with Crippen LogP contribution in [0.5, 0.6) is 0 Å². The number of nitrogens with one attached hydrogen (secondary N) is 2. The number of pyridine rings is 1. The lowest BCUT2D eigenvalue weighted by Gasteiger charge is -2.39. The Morgan fingerprint density at radius 2 is 2.10 bits per heavy atom. The quantitative estimate of drug-likeness (QED) is 0.869. The lowest BCUT2D eigenvalue weighted by atomic mass is 9.69. The third-order valence-corrected chi connectivity index (χ3v) is 6.15. The van der Waals surface area contributed by atoms with Crippen LogP contribution in [-0.2, 0) is 0 Å². The molecule has 2 saturated carbocycles. The van der Waals surface area contributed by atoms with Crippen LogP contribution in [0.1, 0.15) is 50.4 Å². The van der Waals surface area contributed by atoms with Crippen LogP contribution in [0.15, 0.2) is 23.1 Å². The number of rotatable bonds is 2. The molecule has 1 aromatic rings. The van der Waals surface area contributed by atoms with E-state index in [1.54, 1.807) is 6.07 Å². The Morgan fingerprint density at radius 1 is 1.35 bits per heavy atom. The highest BCUT2D eigenvalue weighted by Crippen LogP contribution is 2.65. The summed E-state index contributed by atoms with van der Waals surface area (Å²) in [6.07, 6.45) is 5.01. The second-order valence-electron chi connectivity index (χ2n) is 7.08. The van der Waals surface area contributed by atoms with E-state index in [1.807, 2.05) is 0 Å². The second-order valence-corrected chi connectivity index (χ2v) is 7.08. The van der Waals surface area contributed by atoms with Crippen molar-refractivity contribution in [1.82, 2.24) is 10.3 Å². The monoisotopic (exact) mass is 274 g/mol. The minimum absolute atomic E-state index is 0.0872. The standard InChI is InChI=1S/C16H22N2O2/c1-15(2)11-6-7-16(15,3)12(8-11)18-14(20)10-4-5-13(19)17-9-10/h4-5,9,11-12H,6-8H2,1-3H3,(H,17,19)(H,18,20)/t11-,12-,16-/m0/s1. The van der Waals surface area contributed by atoms with Crippen molar-refractivity contribution < 1.29 is 4.79 Å². The van der Waals surface area contributed by atoms with E-state index in [4.69, 9.17) is 0 Å². The summed E-state index contributed by atoms with van der Waals surface area (Å²) in [5, 5.41) is 3.18. The molecule has 0 aliphatic heterocycles. The molecule has 2 aliphatic carbocycles. The maximum Gasteiger partial charge on any atom is 0.252 e. The normalized spacial score (nSPS) is 34.1. The molecule has 0 unspecified atom stereocenters. The third-order valence-electron chi connectivity index (χ3n) is 6.15. The van der Waals surface area contributed by atoms with Gasteiger partial charge in [0.1, 0.15) is 0 Å². The number of hydrogen-bond acceptors (Lipinski definition) is 2. The number of amides is 1. The molecular weight excluding hydrogens is 252 g/mol. The molecule has 0 radical (unpaired) electrons. The maximum atomic E-state index is 12.3. The summed E-state index contributed by atoms with van der Waals surface area (Å²) in [7, 11) is 0. The summed E-state index contributed by atoms with van der Waals surface area (Å²) < 4.78 is 0. The number of carbonyl (C=O) groups excluding carboxylic acids is 1. The first kappa shape index (κ1) is 13.4. The predicted octanol–water partition coefficient (Wildman–Crippen LogP) is 2.32. The van der Waals surface area contributed by atoms with E-state index in [0.717, 1.165) is 6.42 Å². The average molecular weight is 274 g/mol. The number of H-pyrrole nitrogens is 1. The van der Waals surface area contributed by atoms with Gasteiger partial charge in [-0.05, 0) is 42.1 Å². The van der Waals surface area contributed by atoms with Crippen LogP contribution < -0.4 is 10.9 Å². The predicted molar refractivity (Wildman–Crippen MR) is 77.5 cm³/mol. The largest absolute Gasteiger partial charge is 0.349 e. The average Bonchev–Trinajstić information content (AvgIpc) is 2.72. The lowest BCUT2D eigenvalue weighted by Crippen LogP contribution is -2.46. The van der Waals surface area contributed by atoms with Crippen molar-refractivity contribution in [3.63, 3.8) is 0 Å². The van der Waals surface area contributed by atoms with Crippen LogP contribution in [0.3, 0.4) is 0 Å². The summed E-state index contributed by atoms with van der Waals surface area (Å²) in [5.41, 5.74) is 0.800. The Balaban J connectivity index is 1.78. The molecule has 1 amide bonds. The Labute approximate surface area is 119 Å². The number of carbonyl (C=O) groups is 1. The Kier molecular flexibility index (Phi) is 2.82. The summed E-state index contributed by atoms with van der Waals surface area (Å²) in [4.78, 5) is 25.9. The van der Waals surface area contributed by atoms with E-state index in [-0.39, 0.29) is 28.3 Å². The maximum absolute atomic E-state index is 12.3. The number of hydrogen-bond donors (Lipinski definition) is 2. The van der Waals surface area contributed by atoms with Gasteiger partial charge < -0.3 is 10.3 Å². The smallest absolute Gasteiger partial charge is 0.252 e. The fourth-order valence-corrected chi connectivity index (χ4v) is 4.22. The third kappa shape index (κ3) is 1.74. The van der Waals surface area contributed by atoms with Crippen LogP contribution in [-0.4, -0.2) is 16.9 Å². The first-order valence-electron chi connectivity index (χ1n) is 7.34. The van der Waals surface area contributed by atoms with Crippen LogP contribution in [0, 0.1) is 16.7 Å². The lowest BCUT2D eigenvalue weighted by molar-refractivity contribution is 0.0826. The number of aromatic nitrogens is 1. The molecule has 0 saturated heterocycles. The molecule has 4 heteroatoms. The molecule has 1 heterocycles. The molecule has 2 bridgehead atoms. The summed E-state index contributed by atoms with van der Waals surface area (Å²) in [6.45, 7) is 6.96. The Morgan fingerprint density at radius 3 is 2.60 bits per heavy atom. The Bertz CT molecular complexity index is 584. The van der Waals surface area contributed by atoms with Crippen molar-refractivity contribution in [2.45, 2.75) is 46.1 Å². The SMILES string of the molecule is CC1(C)[C@H]2CC[C@@]1(C)[C@@H](NC(=O)c1ccc(=O)[nH]c1)C2. The van der Waals surface area contributed by atoms with Gasteiger partial charge in [0.25, 0.3) is 5.91 Å². The molecule has 2 aliphatic rings. The zero-order valence-corrected chi connectivity index (χ0v) is 12.3. The van der Waals surface area contributed by atoms with Crippen molar-refractivity contribution in [1.29, 1.82) is 0 Å². The molecule has 0 aromatic carbocycles. The fraction of sp³-hybridized carbons (Fsp3) is 0.625. The van der Waals surface area contributed by atoms with Crippen LogP contribution in [0.2, 0.25) is 0 Å². The van der Waals surface area contributed by atoms with Gasteiger partial charge in [0.15, 0.2) is 0 Å². The molecule has 2 N–H and O–H groups in total. The highest BCUT2D eigenvalue weighted by atomic mass is 16.2. The van der Waals surface area contributed by atoms with Crippen molar-refractivity contribution in [2.75, 3.05) is 0 Å². The van der Waals surface area contributed by atoms with Crippen LogP contribution in [0.25, 0.3) is 0 Å². The molecule has 20 heavy (non-hydrogen) atoms. The molecule has 108 valence electrons. The van der Waals surface area contributed by atoms with E-state index in [1.165, 1.54) is 25.1 Å². The number of aromatic amines is 1. The van der Waals surface area contributed by atoms with Crippen molar-refractivity contribution in [2.24, 2.45) is 16.7 Å². The highest BCUT2D eigenvalue weighted by Gasteiger charge is 2.61. The van der Waals surface area contributed by atoms with Crippen molar-refractivity contribution >= 4 is 5.91 Å². The first-order chi connectivity index (χ1) is 9.34. The van der Waals surface area contributed by atoms with Gasteiger partial charge >= 0.3 is 0 Å². The van der Waals surface area contributed by atoms with E-state index < -0.39 is 0 Å². The zero-order valence-electron chi connectivity index (χ0n) is 12.3. The zero-order chi connectivity index (χ0) is 14.5. The molecule has 4 nitrogen and oxygen atoms in total. The van der Waals surface area contributed by atoms with Gasteiger partial charge in [-0.1, -0.05) is 20.8 Å². The Hall–Kier alpha value is -1.58. The fourth-order valence-electron chi connectivity index (χ4n) is 4.22. The van der Waals surface area contributed by atoms with Gasteiger partial charge in [-0.2, -0.15) is 0 Å². The van der Waals surface area contributed by atoms with Gasteiger partial charge in [0.05, 0.1) is 5.56 Å². The molecular formula is C16H22N2O2. The van der Waals surface area contributed by atoms with Crippen molar-refractivity contribution in [3.8, 4) is 0 Å². The van der Waals surface area contributed by atoms with E-state index >= 15 is 0 Å². The van der Waals surface area contributed by atoms with Crippen LogP contribution >= 0.6 is 0 Å². The van der Waals surface area contributed by atoms with Gasteiger partial charge in [0.2, 0.25) is 5.56 Å². The first-order valence-corrected chi connectivity index (χ1v) is 7.34. The minimum Gasteiger partial charge on any atom is -0.349 e. The van der Waals surface area contributed by atoms with E-state index in [9.17, 15) is 9.59 Å².